The van der Waals surface area contributed by atoms with E-state index >= 15 is 0 Å². The van der Waals surface area contributed by atoms with Crippen LogP contribution in [-0.4, -0.2) is 48.7 Å². The molecule has 82 valence electrons. The Kier molecular flexibility index (Phi) is 3.60. The van der Waals surface area contributed by atoms with Gasteiger partial charge in [-0.15, -0.1) is 10.4 Å². The highest BCUT2D eigenvalue weighted by Gasteiger charge is 2.26. The van der Waals surface area contributed by atoms with Crippen molar-refractivity contribution in [3.8, 4) is 0 Å². The van der Waals surface area contributed by atoms with Crippen LogP contribution in [0.2, 0.25) is 0 Å². The van der Waals surface area contributed by atoms with Gasteiger partial charge in [0.15, 0.2) is 0 Å². The molecule has 1 saturated heterocycles. The van der Waals surface area contributed by atoms with Gasteiger partial charge in [-0.25, -0.2) is 4.13 Å². The first-order chi connectivity index (χ1) is 5.81. The molecule has 1 heterocycles. The maximum Gasteiger partial charge on any atom is 0.00859 e. The maximum absolute atomic E-state index is 3.83. The van der Waals surface area contributed by atoms with Crippen LogP contribution in [0, 0.1) is 0 Å². The minimum Gasteiger partial charge on any atom is -0.256 e. The molecule has 2 nitrogen and oxygen atoms in total. The third kappa shape index (κ3) is 3.70. The average molecular weight is 224 g/mol. The van der Waals surface area contributed by atoms with Gasteiger partial charge in [-0.1, -0.05) is 0 Å². The lowest BCUT2D eigenvalue weighted by atomic mass is 10.4. The van der Waals surface area contributed by atoms with Gasteiger partial charge in [0.05, 0.1) is 0 Å². The summed E-state index contributed by atoms with van der Waals surface area (Å²) < 4.78 is 6.47. The van der Waals surface area contributed by atoms with E-state index in [9.17, 15) is 0 Å². The van der Waals surface area contributed by atoms with Crippen molar-refractivity contribution in [1.29, 1.82) is 0 Å². The predicted octanol–water partition coefficient (Wildman–Crippen LogP) is 2.17. The molecule has 0 aliphatic carbocycles. The van der Waals surface area contributed by atoms with Crippen LogP contribution in [-0.2, 0) is 0 Å². The molecule has 0 spiro atoms. The molecular weight excluding hydrogens is 200 g/mol. The number of nitrogens with zero attached hydrogens (tertiary/aromatic N) is 1. The van der Waals surface area contributed by atoms with Crippen LogP contribution >= 0.6 is 20.6 Å². The van der Waals surface area contributed by atoms with E-state index in [1.54, 1.807) is 0 Å². The van der Waals surface area contributed by atoms with E-state index < -0.39 is 20.6 Å². The van der Waals surface area contributed by atoms with E-state index in [1.807, 2.05) is 0 Å². The van der Waals surface area contributed by atoms with Crippen molar-refractivity contribution >= 4 is 20.6 Å². The van der Waals surface area contributed by atoms with Gasteiger partial charge in [0.25, 0.3) is 0 Å². The lowest BCUT2D eigenvalue weighted by Gasteiger charge is -2.47. The maximum atomic E-state index is 3.83. The Labute approximate surface area is 86.5 Å². The molecule has 0 radical (unpaired) electrons. The topological polar surface area (TPSA) is 15.3 Å². The molecular formula is C9H24N2S2. The second-order valence-corrected chi connectivity index (χ2v) is 12.2. The fourth-order valence-electron chi connectivity index (χ4n) is 1.81. The Morgan fingerprint density at radius 3 is 1.77 bits per heavy atom. The lowest BCUT2D eigenvalue weighted by Crippen LogP contribution is -2.34. The first kappa shape index (κ1) is 11.7. The molecule has 0 saturated carbocycles. The predicted molar refractivity (Wildman–Crippen MR) is 68.7 cm³/mol. The van der Waals surface area contributed by atoms with Gasteiger partial charge in [0, 0.05) is 13.1 Å². The van der Waals surface area contributed by atoms with Gasteiger partial charge in [-0.3, -0.25) is 4.31 Å². The van der Waals surface area contributed by atoms with Crippen molar-refractivity contribution in [2.24, 2.45) is 0 Å². The van der Waals surface area contributed by atoms with E-state index in [-0.39, 0.29) is 0 Å². The van der Waals surface area contributed by atoms with Gasteiger partial charge < -0.3 is 0 Å². The van der Waals surface area contributed by atoms with Crippen molar-refractivity contribution in [2.75, 3.05) is 44.4 Å². The average Bonchev–Trinajstić information content (AvgIpc) is 2.29. The SMILES string of the molecule is CS(C)(C)NS(C)(C)N1CCCC1. The van der Waals surface area contributed by atoms with E-state index in [0.29, 0.717) is 0 Å². The third-order valence-electron chi connectivity index (χ3n) is 2.16. The monoisotopic (exact) mass is 224 g/mol. The summed E-state index contributed by atoms with van der Waals surface area (Å²) in [5, 5.41) is 0. The summed E-state index contributed by atoms with van der Waals surface area (Å²) in [6.45, 7) is 2.59. The number of hydrogen-bond acceptors (Lipinski definition) is 2. The third-order valence-corrected chi connectivity index (χ3v) is 7.45. The molecule has 1 N–H and O–H groups in total. The first-order valence-electron chi connectivity index (χ1n) is 4.76. The lowest BCUT2D eigenvalue weighted by molar-refractivity contribution is 0.570. The number of nitrogens with one attached hydrogen (secondary N) is 1. The van der Waals surface area contributed by atoms with Gasteiger partial charge in [-0.05, 0) is 44.1 Å². The van der Waals surface area contributed by atoms with E-state index in [4.69, 9.17) is 0 Å². The number of hydrogen-bond donors (Lipinski definition) is 1. The summed E-state index contributed by atoms with van der Waals surface area (Å²) in [5.74, 6) is 0. The molecule has 0 atom stereocenters. The second-order valence-electron chi connectivity index (χ2n) is 4.83. The first-order valence-corrected chi connectivity index (χ1v) is 10.0. The summed E-state index contributed by atoms with van der Waals surface area (Å²) in [7, 11) is -1.27. The van der Waals surface area contributed by atoms with Gasteiger partial charge in [0.2, 0.25) is 0 Å². The van der Waals surface area contributed by atoms with Crippen LogP contribution in [0.1, 0.15) is 12.8 Å². The van der Waals surface area contributed by atoms with Gasteiger partial charge in [-0.2, -0.15) is 10.2 Å². The summed E-state index contributed by atoms with van der Waals surface area (Å²) in [6, 6.07) is 0. The van der Waals surface area contributed by atoms with E-state index in [1.165, 1.54) is 25.9 Å². The van der Waals surface area contributed by atoms with Crippen LogP contribution in [0.25, 0.3) is 0 Å². The molecule has 0 bridgehead atoms. The zero-order valence-corrected chi connectivity index (χ0v) is 11.2. The van der Waals surface area contributed by atoms with Gasteiger partial charge in [0.1, 0.15) is 0 Å². The fourth-order valence-corrected chi connectivity index (χ4v) is 8.30. The molecule has 0 aromatic heterocycles. The highest BCUT2D eigenvalue weighted by atomic mass is 32.3. The van der Waals surface area contributed by atoms with Crippen molar-refractivity contribution in [1.82, 2.24) is 8.43 Å². The Morgan fingerprint density at radius 1 is 0.923 bits per heavy atom. The van der Waals surface area contributed by atoms with Crippen LogP contribution in [0.4, 0.5) is 0 Å². The van der Waals surface area contributed by atoms with Crippen LogP contribution in [0.3, 0.4) is 0 Å². The van der Waals surface area contributed by atoms with Crippen LogP contribution in [0.5, 0.6) is 0 Å². The van der Waals surface area contributed by atoms with Crippen LogP contribution in [0.15, 0.2) is 0 Å². The minimum atomic E-state index is -0.697. The molecule has 1 rings (SSSR count). The number of rotatable bonds is 3. The van der Waals surface area contributed by atoms with Crippen molar-refractivity contribution in [2.45, 2.75) is 12.8 Å². The summed E-state index contributed by atoms with van der Waals surface area (Å²) in [5.41, 5.74) is 0. The zero-order chi connectivity index (χ0) is 10.1. The minimum absolute atomic E-state index is 0.574. The summed E-state index contributed by atoms with van der Waals surface area (Å²) in [6.07, 6.45) is 14.5. The Morgan fingerprint density at radius 2 is 1.38 bits per heavy atom. The van der Waals surface area contributed by atoms with Crippen molar-refractivity contribution < 1.29 is 0 Å². The molecule has 0 aromatic carbocycles. The highest BCUT2D eigenvalue weighted by Crippen LogP contribution is 2.50. The zero-order valence-electron chi connectivity index (χ0n) is 9.59. The molecule has 13 heavy (non-hydrogen) atoms. The normalized spacial score (nSPS) is 23.5. The molecule has 0 unspecified atom stereocenters. The molecule has 1 aliphatic rings. The molecule has 0 amide bonds. The second kappa shape index (κ2) is 4.01. The molecule has 1 aliphatic heterocycles. The van der Waals surface area contributed by atoms with Crippen molar-refractivity contribution in [3.63, 3.8) is 0 Å². The Balaban J connectivity index is 2.53. The van der Waals surface area contributed by atoms with Crippen molar-refractivity contribution in [3.05, 3.63) is 0 Å². The highest BCUT2D eigenvalue weighted by molar-refractivity contribution is 8.43. The molecule has 4 heteroatoms. The summed E-state index contributed by atoms with van der Waals surface area (Å²) in [4.78, 5) is 0. The van der Waals surface area contributed by atoms with Gasteiger partial charge >= 0.3 is 0 Å². The van der Waals surface area contributed by atoms with E-state index in [2.05, 4.69) is 39.7 Å². The fraction of sp³-hybridized carbons (Fsp3) is 1.00. The smallest absolute Gasteiger partial charge is 0.00859 e. The molecule has 1 fully saturated rings. The van der Waals surface area contributed by atoms with E-state index in [0.717, 1.165) is 0 Å². The van der Waals surface area contributed by atoms with Crippen LogP contribution < -0.4 is 4.13 Å². The standard InChI is InChI=1S/C9H24N2S2/c1-12(2,3)10-13(4,5)11-8-6-7-9-11/h10H,6-9H2,1-5H3. The molecule has 0 aromatic rings. The summed E-state index contributed by atoms with van der Waals surface area (Å²) >= 11 is 0. The quantitative estimate of drug-likeness (QED) is 0.790. The largest absolute Gasteiger partial charge is 0.256 e. The Hall–Kier alpha value is 0.620. The Bertz CT molecular complexity index is 169.